The van der Waals surface area contributed by atoms with Gasteiger partial charge in [-0.1, -0.05) is 11.2 Å². The van der Waals surface area contributed by atoms with E-state index in [9.17, 15) is 18.0 Å². The van der Waals surface area contributed by atoms with Gasteiger partial charge in [-0.25, -0.2) is 5.01 Å². The van der Waals surface area contributed by atoms with Crippen molar-refractivity contribution in [2.45, 2.75) is 36.6 Å². The average Bonchev–Trinajstić information content (AvgIpc) is 2.86. The van der Waals surface area contributed by atoms with Crippen LogP contribution in [0.25, 0.3) is 11.0 Å². The molecule has 4 rings (SSSR count). The highest BCUT2D eigenvalue weighted by molar-refractivity contribution is 5.90. The Hall–Kier alpha value is -2.21. The smallest absolute Gasteiger partial charge is 0.355 e. The van der Waals surface area contributed by atoms with Gasteiger partial charge in [0.05, 0.1) is 22.5 Å². The number of carbonyl (C=O) groups excluding carboxylic acids is 1. The number of para-hydroxylation sites is 1. The zero-order chi connectivity index (χ0) is 20.7. The predicted octanol–water partition coefficient (Wildman–Crippen LogP) is 0.412. The van der Waals surface area contributed by atoms with Crippen molar-refractivity contribution in [3.05, 3.63) is 29.5 Å². The van der Waals surface area contributed by atoms with Gasteiger partial charge in [0.2, 0.25) is 5.91 Å². The van der Waals surface area contributed by atoms with Crippen LogP contribution in [0.1, 0.15) is 25.1 Å². The number of nitrogens with one attached hydrogen (secondary N) is 1. The van der Waals surface area contributed by atoms with Crippen molar-refractivity contribution in [2.24, 2.45) is 23.2 Å². The summed E-state index contributed by atoms with van der Waals surface area (Å²) in [5.41, 5.74) is 8.41. The van der Waals surface area contributed by atoms with Crippen molar-refractivity contribution in [3.8, 4) is 0 Å². The number of piperidine rings is 1. The Morgan fingerprint density at radius 3 is 2.46 bits per heavy atom. The third kappa shape index (κ3) is 2.47. The third-order valence-electron chi connectivity index (χ3n) is 5.84. The summed E-state index contributed by atoms with van der Waals surface area (Å²) in [5.74, 6) is 4.68. The van der Waals surface area contributed by atoms with Gasteiger partial charge in [0.25, 0.3) is 0 Å². The number of benzene rings is 1. The van der Waals surface area contributed by atoms with E-state index >= 15 is 0 Å². The molecule has 7 N–H and O–H groups in total. The molecule has 2 aliphatic rings. The molecule has 152 valence electrons. The molecule has 1 aliphatic carbocycles. The average molecular weight is 398 g/mol. The van der Waals surface area contributed by atoms with Crippen LogP contribution in [-0.4, -0.2) is 40.2 Å². The number of carbonyl (C=O) groups is 1. The van der Waals surface area contributed by atoms with Crippen LogP contribution in [0.5, 0.6) is 0 Å². The van der Waals surface area contributed by atoms with Gasteiger partial charge in [-0.2, -0.15) is 13.2 Å². The van der Waals surface area contributed by atoms with E-state index in [0.29, 0.717) is 0 Å². The van der Waals surface area contributed by atoms with Crippen molar-refractivity contribution in [1.82, 2.24) is 15.5 Å². The summed E-state index contributed by atoms with van der Waals surface area (Å²) >= 11 is 0. The van der Waals surface area contributed by atoms with Gasteiger partial charge in [0, 0.05) is 18.5 Å². The van der Waals surface area contributed by atoms with Crippen LogP contribution in [0.3, 0.4) is 0 Å². The summed E-state index contributed by atoms with van der Waals surface area (Å²) in [5, 5.41) is 8.26. The maximum Gasteiger partial charge on any atom is 0.420 e. The molecule has 1 aliphatic heterocycles. The van der Waals surface area contributed by atoms with Gasteiger partial charge in [-0.3, -0.25) is 10.6 Å². The van der Waals surface area contributed by atoms with Crippen molar-refractivity contribution in [3.63, 3.8) is 0 Å². The summed E-state index contributed by atoms with van der Waals surface area (Å²) in [6.07, 6.45) is -4.58. The van der Waals surface area contributed by atoms with Gasteiger partial charge in [-0.15, -0.1) is 0 Å². The minimum absolute atomic E-state index is 0.175. The van der Waals surface area contributed by atoms with E-state index in [1.165, 1.54) is 17.1 Å². The number of hydrogen-bond acceptors (Lipinski definition) is 7. The van der Waals surface area contributed by atoms with Crippen LogP contribution in [0.4, 0.5) is 13.2 Å². The summed E-state index contributed by atoms with van der Waals surface area (Å²) in [7, 11) is 0. The topological polar surface area (TPSA) is 136 Å². The zero-order valence-electron chi connectivity index (χ0n) is 15.3. The molecule has 28 heavy (non-hydrogen) atoms. The summed E-state index contributed by atoms with van der Waals surface area (Å²) < 4.78 is 44.6. The molecule has 8 nitrogen and oxygen atoms in total. The first kappa shape index (κ1) is 19.1. The summed E-state index contributed by atoms with van der Waals surface area (Å²) in [4.78, 5) is 12.8. The Morgan fingerprint density at radius 1 is 1.29 bits per heavy atom. The molecule has 1 aromatic heterocycles. The molecule has 11 heteroatoms. The molecule has 3 atom stereocenters. The SMILES string of the molecule is CC(C)(NC(=O)C1[C@]2(N)CN(N)C[C@]12N)c1noc2c(C(F)(F)F)cccc12. The first-order chi connectivity index (χ1) is 12.8. The number of hydrogen-bond donors (Lipinski definition) is 4. The molecule has 2 aromatic rings. The van der Waals surface area contributed by atoms with E-state index in [2.05, 4.69) is 10.5 Å². The number of fused-ring (bicyclic) bond motifs is 2. The summed E-state index contributed by atoms with van der Waals surface area (Å²) in [6, 6.07) is 3.66. The van der Waals surface area contributed by atoms with E-state index in [-0.39, 0.29) is 29.8 Å². The Bertz CT molecular complexity index is 955. The van der Waals surface area contributed by atoms with Gasteiger partial charge in [-0.05, 0) is 26.0 Å². The molecule has 1 unspecified atom stereocenters. The van der Waals surface area contributed by atoms with Gasteiger partial charge >= 0.3 is 6.18 Å². The fourth-order valence-corrected chi connectivity index (χ4v) is 4.40. The largest absolute Gasteiger partial charge is 0.420 e. The van der Waals surface area contributed by atoms with Crippen LogP contribution in [0.15, 0.2) is 22.7 Å². The van der Waals surface area contributed by atoms with E-state index in [0.717, 1.165) is 6.07 Å². The van der Waals surface area contributed by atoms with E-state index in [4.69, 9.17) is 21.8 Å². The second-order valence-corrected chi connectivity index (χ2v) is 8.24. The Kier molecular flexibility index (Phi) is 3.71. The number of rotatable bonds is 3. The van der Waals surface area contributed by atoms with E-state index in [1.807, 2.05) is 0 Å². The quantitative estimate of drug-likeness (QED) is 0.550. The molecule has 2 heterocycles. The lowest BCUT2D eigenvalue weighted by Crippen LogP contribution is -2.48. The van der Waals surface area contributed by atoms with Crippen LogP contribution in [-0.2, 0) is 16.5 Å². The highest BCUT2D eigenvalue weighted by Crippen LogP contribution is 2.55. The van der Waals surface area contributed by atoms with Gasteiger partial charge in [0.15, 0.2) is 5.58 Å². The number of hydrazine groups is 1. The maximum absolute atomic E-state index is 13.2. The lowest BCUT2D eigenvalue weighted by Gasteiger charge is -2.26. The number of amides is 1. The maximum atomic E-state index is 13.2. The predicted molar refractivity (Wildman–Crippen MR) is 93.3 cm³/mol. The highest BCUT2D eigenvalue weighted by Gasteiger charge is 2.79. The van der Waals surface area contributed by atoms with Gasteiger partial charge in [0.1, 0.15) is 11.3 Å². The summed E-state index contributed by atoms with van der Waals surface area (Å²) in [6.45, 7) is 3.82. The normalized spacial score (nSPS) is 30.5. The first-order valence-corrected chi connectivity index (χ1v) is 8.67. The molecule has 2 fully saturated rings. The molecule has 1 saturated heterocycles. The molecule has 0 radical (unpaired) electrons. The monoisotopic (exact) mass is 398 g/mol. The Morgan fingerprint density at radius 2 is 1.89 bits per heavy atom. The first-order valence-electron chi connectivity index (χ1n) is 8.67. The fourth-order valence-electron chi connectivity index (χ4n) is 4.40. The molecular formula is C17H21F3N6O2. The number of aromatic nitrogens is 1. The van der Waals surface area contributed by atoms with Crippen molar-refractivity contribution in [1.29, 1.82) is 0 Å². The second-order valence-electron chi connectivity index (χ2n) is 8.24. The van der Waals surface area contributed by atoms with E-state index in [1.54, 1.807) is 13.8 Å². The van der Waals surface area contributed by atoms with Crippen LogP contribution in [0, 0.1) is 5.92 Å². The molecule has 0 bridgehead atoms. The molecule has 1 amide bonds. The second kappa shape index (κ2) is 5.44. The Balaban J connectivity index is 1.63. The Labute approximate surface area is 158 Å². The van der Waals surface area contributed by atoms with Crippen molar-refractivity contribution >= 4 is 16.9 Å². The van der Waals surface area contributed by atoms with Crippen LogP contribution in [0.2, 0.25) is 0 Å². The third-order valence-corrected chi connectivity index (χ3v) is 5.84. The molecule has 0 spiro atoms. The number of halogens is 3. The zero-order valence-corrected chi connectivity index (χ0v) is 15.3. The van der Waals surface area contributed by atoms with E-state index < -0.39 is 40.2 Å². The molecule has 1 saturated carbocycles. The minimum Gasteiger partial charge on any atom is -0.355 e. The lowest BCUT2D eigenvalue weighted by molar-refractivity contribution is -0.137. The van der Waals surface area contributed by atoms with Gasteiger partial charge < -0.3 is 21.3 Å². The standard InChI is InChI=1S/C17H21F3N6O2/c1-14(2,24-13(27)11-15(21)6-26(23)7-16(11,15)22)12-8-4-3-5-9(17(18,19)20)10(8)28-25-12/h3-5,11H,6-7,21-23H2,1-2H3,(H,24,27)/t11?,15-,16+. The number of nitrogens with two attached hydrogens (primary N) is 3. The van der Waals surface area contributed by atoms with Crippen LogP contribution < -0.4 is 22.6 Å². The number of nitrogens with zero attached hydrogens (tertiary/aromatic N) is 2. The highest BCUT2D eigenvalue weighted by atomic mass is 19.4. The van der Waals surface area contributed by atoms with Crippen LogP contribution >= 0.6 is 0 Å². The van der Waals surface area contributed by atoms with Crippen molar-refractivity contribution < 1.29 is 22.5 Å². The molecule has 1 aromatic carbocycles. The fraction of sp³-hybridized carbons (Fsp3) is 0.529. The van der Waals surface area contributed by atoms with Crippen molar-refractivity contribution in [2.75, 3.05) is 13.1 Å². The number of alkyl halides is 3. The molecular weight excluding hydrogens is 377 g/mol. The lowest BCUT2D eigenvalue weighted by atomic mass is 9.95. The minimum atomic E-state index is -4.58.